The maximum atomic E-state index is 12.4. The van der Waals surface area contributed by atoms with E-state index in [0.717, 1.165) is 28.2 Å². The summed E-state index contributed by atoms with van der Waals surface area (Å²) in [6.45, 7) is 2.48. The van der Waals surface area contributed by atoms with Crippen LogP contribution in [-0.4, -0.2) is 12.4 Å². The third-order valence-electron chi connectivity index (χ3n) is 3.34. The monoisotopic (exact) mass is 258 g/mol. The van der Waals surface area contributed by atoms with Gasteiger partial charge in [-0.25, -0.2) is 0 Å². The van der Waals surface area contributed by atoms with Crippen LogP contribution in [0.3, 0.4) is 0 Å². The van der Waals surface area contributed by atoms with Gasteiger partial charge in [0.15, 0.2) is 5.78 Å². The quantitative estimate of drug-likeness (QED) is 0.771. The second-order valence-corrected chi connectivity index (χ2v) is 5.53. The number of rotatable bonds is 2. The summed E-state index contributed by atoms with van der Waals surface area (Å²) in [6, 6.07) is 9.95. The van der Waals surface area contributed by atoms with Gasteiger partial charge in [0.05, 0.1) is 17.4 Å². The number of ketones is 1. The molecule has 3 heteroatoms. The molecule has 92 valence electrons. The van der Waals surface area contributed by atoms with Gasteiger partial charge in [-0.15, -0.1) is 11.3 Å². The van der Waals surface area contributed by atoms with Gasteiger partial charge in [-0.2, -0.15) is 0 Å². The Labute approximate surface area is 110 Å². The van der Waals surface area contributed by atoms with E-state index in [0.29, 0.717) is 6.61 Å². The molecule has 1 atom stereocenters. The molecule has 2 aromatic rings. The maximum absolute atomic E-state index is 12.4. The summed E-state index contributed by atoms with van der Waals surface area (Å²) in [5.74, 6) is 1.10. The Kier molecular flexibility index (Phi) is 2.92. The maximum Gasteiger partial charge on any atom is 0.179 e. The largest absolute Gasteiger partial charge is 0.493 e. The van der Waals surface area contributed by atoms with E-state index in [-0.39, 0.29) is 11.7 Å². The SMILES string of the molecule is Cc1ccsc1C(=O)C1COc2ccccc2C1. The van der Waals surface area contributed by atoms with E-state index >= 15 is 0 Å². The summed E-state index contributed by atoms with van der Waals surface area (Å²) in [5, 5.41) is 1.97. The zero-order valence-electron chi connectivity index (χ0n) is 10.2. The van der Waals surface area contributed by atoms with E-state index in [4.69, 9.17) is 4.74 Å². The Hall–Kier alpha value is -1.61. The number of carbonyl (C=O) groups is 1. The van der Waals surface area contributed by atoms with Gasteiger partial charge in [0, 0.05) is 0 Å². The topological polar surface area (TPSA) is 26.3 Å². The third kappa shape index (κ3) is 1.95. The molecule has 0 bridgehead atoms. The molecule has 3 rings (SSSR count). The van der Waals surface area contributed by atoms with Gasteiger partial charge in [0.1, 0.15) is 5.75 Å². The van der Waals surface area contributed by atoms with Crippen molar-refractivity contribution in [3.05, 3.63) is 51.7 Å². The summed E-state index contributed by atoms with van der Waals surface area (Å²) in [7, 11) is 0. The molecule has 0 spiro atoms. The highest BCUT2D eigenvalue weighted by Gasteiger charge is 2.27. The van der Waals surface area contributed by atoms with Crippen molar-refractivity contribution in [3.63, 3.8) is 0 Å². The van der Waals surface area contributed by atoms with Gasteiger partial charge in [0.25, 0.3) is 0 Å². The van der Waals surface area contributed by atoms with Crippen LogP contribution in [0.15, 0.2) is 35.7 Å². The molecule has 2 heterocycles. The summed E-state index contributed by atoms with van der Waals surface area (Å²) in [6.07, 6.45) is 0.784. The fourth-order valence-electron chi connectivity index (χ4n) is 2.31. The van der Waals surface area contributed by atoms with Crippen LogP contribution in [0, 0.1) is 12.8 Å². The number of aryl methyl sites for hydroxylation is 1. The number of thiophene rings is 1. The smallest absolute Gasteiger partial charge is 0.179 e. The van der Waals surface area contributed by atoms with Crippen LogP contribution in [0.4, 0.5) is 0 Å². The molecule has 0 fully saturated rings. The predicted octanol–water partition coefficient (Wildman–Crippen LogP) is 3.49. The van der Waals surface area contributed by atoms with Crippen molar-refractivity contribution < 1.29 is 9.53 Å². The van der Waals surface area contributed by atoms with Crippen molar-refractivity contribution in [3.8, 4) is 5.75 Å². The van der Waals surface area contributed by atoms with Crippen LogP contribution in [0.2, 0.25) is 0 Å². The van der Waals surface area contributed by atoms with E-state index in [2.05, 4.69) is 0 Å². The third-order valence-corrected chi connectivity index (χ3v) is 4.37. The molecule has 1 aromatic heterocycles. The molecule has 0 saturated carbocycles. The first kappa shape index (κ1) is 11.5. The van der Waals surface area contributed by atoms with Crippen molar-refractivity contribution in [2.45, 2.75) is 13.3 Å². The van der Waals surface area contributed by atoms with Crippen molar-refractivity contribution >= 4 is 17.1 Å². The Morgan fingerprint density at radius 3 is 2.94 bits per heavy atom. The van der Waals surface area contributed by atoms with Crippen LogP contribution in [-0.2, 0) is 6.42 Å². The number of hydrogen-bond acceptors (Lipinski definition) is 3. The van der Waals surface area contributed by atoms with Crippen molar-refractivity contribution in [2.24, 2.45) is 5.92 Å². The van der Waals surface area contributed by atoms with E-state index in [1.807, 2.05) is 42.6 Å². The average Bonchev–Trinajstić information content (AvgIpc) is 2.83. The molecule has 1 aliphatic rings. The first-order chi connectivity index (χ1) is 8.75. The second kappa shape index (κ2) is 4.58. The number of hydrogen-bond donors (Lipinski definition) is 0. The Balaban J connectivity index is 1.84. The normalized spacial score (nSPS) is 17.9. The number of ether oxygens (including phenoxy) is 1. The molecule has 1 aliphatic heterocycles. The van der Waals surface area contributed by atoms with Gasteiger partial charge in [-0.1, -0.05) is 18.2 Å². The molecule has 0 saturated heterocycles. The molecule has 0 radical (unpaired) electrons. The highest BCUT2D eigenvalue weighted by Crippen LogP contribution is 2.30. The highest BCUT2D eigenvalue weighted by molar-refractivity contribution is 7.12. The zero-order valence-corrected chi connectivity index (χ0v) is 11.0. The molecular formula is C15H14O2S. The highest BCUT2D eigenvalue weighted by atomic mass is 32.1. The lowest BCUT2D eigenvalue weighted by atomic mass is 9.92. The van der Waals surface area contributed by atoms with Gasteiger partial charge < -0.3 is 4.74 Å². The average molecular weight is 258 g/mol. The van der Waals surface area contributed by atoms with E-state index < -0.39 is 0 Å². The second-order valence-electron chi connectivity index (χ2n) is 4.62. The standard InChI is InChI=1S/C15H14O2S/c1-10-6-7-18-15(10)14(16)12-8-11-4-2-3-5-13(11)17-9-12/h2-7,12H,8-9H2,1H3. The lowest BCUT2D eigenvalue weighted by Crippen LogP contribution is -2.28. The van der Waals surface area contributed by atoms with Gasteiger partial charge in [-0.3, -0.25) is 4.79 Å². The molecule has 0 N–H and O–H groups in total. The van der Waals surface area contributed by atoms with Gasteiger partial charge in [-0.05, 0) is 42.0 Å². The first-order valence-corrected chi connectivity index (χ1v) is 6.92. The molecule has 1 aromatic carbocycles. The number of benzene rings is 1. The van der Waals surface area contributed by atoms with Crippen molar-refractivity contribution in [1.82, 2.24) is 0 Å². The van der Waals surface area contributed by atoms with Crippen LogP contribution >= 0.6 is 11.3 Å². The molecule has 0 aliphatic carbocycles. The number of para-hydroxylation sites is 1. The number of Topliss-reactive ketones (excluding diaryl/α,β-unsaturated/α-hetero) is 1. The van der Waals surface area contributed by atoms with Crippen LogP contribution in [0.25, 0.3) is 0 Å². The van der Waals surface area contributed by atoms with Gasteiger partial charge >= 0.3 is 0 Å². The Morgan fingerprint density at radius 1 is 1.33 bits per heavy atom. The molecular weight excluding hydrogens is 244 g/mol. The minimum atomic E-state index is -0.0442. The van der Waals surface area contributed by atoms with Crippen molar-refractivity contribution in [2.75, 3.05) is 6.61 Å². The lowest BCUT2D eigenvalue weighted by molar-refractivity contribution is 0.0859. The summed E-state index contributed by atoms with van der Waals surface area (Å²) < 4.78 is 5.68. The Bertz CT molecular complexity index is 586. The fourth-order valence-corrected chi connectivity index (χ4v) is 3.25. The molecule has 2 nitrogen and oxygen atoms in total. The van der Waals surface area contributed by atoms with Crippen LogP contribution < -0.4 is 4.74 Å². The minimum Gasteiger partial charge on any atom is -0.493 e. The molecule has 18 heavy (non-hydrogen) atoms. The van der Waals surface area contributed by atoms with Crippen LogP contribution in [0.1, 0.15) is 20.8 Å². The first-order valence-electron chi connectivity index (χ1n) is 6.04. The molecule has 0 amide bonds. The molecule has 1 unspecified atom stereocenters. The number of carbonyl (C=O) groups excluding carboxylic acids is 1. The summed E-state index contributed by atoms with van der Waals surface area (Å²) in [4.78, 5) is 13.3. The summed E-state index contributed by atoms with van der Waals surface area (Å²) in [5.41, 5.74) is 2.21. The van der Waals surface area contributed by atoms with E-state index in [1.54, 1.807) is 0 Å². The zero-order chi connectivity index (χ0) is 12.5. The van der Waals surface area contributed by atoms with Crippen LogP contribution in [0.5, 0.6) is 5.75 Å². The number of fused-ring (bicyclic) bond motifs is 1. The Morgan fingerprint density at radius 2 is 2.17 bits per heavy atom. The van der Waals surface area contributed by atoms with Gasteiger partial charge in [0.2, 0.25) is 0 Å². The summed E-state index contributed by atoms with van der Waals surface area (Å²) >= 11 is 1.53. The minimum absolute atomic E-state index is 0.0442. The van der Waals surface area contributed by atoms with E-state index in [1.165, 1.54) is 11.3 Å². The predicted molar refractivity (Wildman–Crippen MR) is 72.5 cm³/mol. The lowest BCUT2D eigenvalue weighted by Gasteiger charge is -2.24. The van der Waals surface area contributed by atoms with Crippen molar-refractivity contribution in [1.29, 1.82) is 0 Å². The van der Waals surface area contributed by atoms with E-state index in [9.17, 15) is 4.79 Å². The fraction of sp³-hybridized carbons (Fsp3) is 0.267.